The highest BCUT2D eigenvalue weighted by molar-refractivity contribution is 5.83. The van der Waals surface area contributed by atoms with Crippen molar-refractivity contribution in [2.45, 2.75) is 65.2 Å². The third-order valence-electron chi connectivity index (χ3n) is 4.17. The van der Waals surface area contributed by atoms with E-state index in [0.29, 0.717) is 12.5 Å². The van der Waals surface area contributed by atoms with Gasteiger partial charge in [-0.15, -0.1) is 0 Å². The molecule has 1 amide bonds. The van der Waals surface area contributed by atoms with Crippen LogP contribution in [0.5, 0.6) is 0 Å². The third kappa shape index (κ3) is 4.27. The van der Waals surface area contributed by atoms with Crippen molar-refractivity contribution in [1.29, 1.82) is 0 Å². The van der Waals surface area contributed by atoms with Crippen molar-refractivity contribution >= 4 is 5.91 Å². The van der Waals surface area contributed by atoms with Crippen molar-refractivity contribution in [1.82, 2.24) is 5.32 Å². The molecule has 18 heavy (non-hydrogen) atoms. The van der Waals surface area contributed by atoms with Crippen LogP contribution in [0.1, 0.15) is 65.2 Å². The molecule has 3 N–H and O–H groups in total. The largest absolute Gasteiger partial charge is 0.356 e. The number of hydrogen-bond acceptors (Lipinski definition) is 2. The molecule has 0 radical (unpaired) electrons. The summed E-state index contributed by atoms with van der Waals surface area (Å²) in [5.41, 5.74) is 5.52. The Labute approximate surface area is 112 Å². The minimum Gasteiger partial charge on any atom is -0.356 e. The van der Waals surface area contributed by atoms with Crippen LogP contribution in [0.15, 0.2) is 0 Å². The van der Waals surface area contributed by atoms with Gasteiger partial charge in [-0.2, -0.15) is 0 Å². The summed E-state index contributed by atoms with van der Waals surface area (Å²) in [5.74, 6) is 0.852. The first-order chi connectivity index (χ1) is 8.64. The normalized spacial score (nSPS) is 26.7. The molecule has 1 saturated carbocycles. The molecule has 0 aromatic heterocycles. The molecule has 1 fully saturated rings. The summed E-state index contributed by atoms with van der Waals surface area (Å²) in [6.45, 7) is 5.74. The van der Waals surface area contributed by atoms with Crippen molar-refractivity contribution in [2.75, 3.05) is 13.1 Å². The Balaban J connectivity index is 2.06. The summed E-state index contributed by atoms with van der Waals surface area (Å²) < 4.78 is 0. The number of carbonyl (C=O) groups is 1. The molecule has 3 nitrogen and oxygen atoms in total. The minimum absolute atomic E-state index is 0.191. The smallest absolute Gasteiger partial charge is 0.227 e. The van der Waals surface area contributed by atoms with E-state index in [1.54, 1.807) is 0 Å². The summed E-state index contributed by atoms with van der Waals surface area (Å²) in [7, 11) is 0. The number of rotatable bonds is 9. The van der Waals surface area contributed by atoms with Crippen molar-refractivity contribution in [3.63, 3.8) is 0 Å². The van der Waals surface area contributed by atoms with Crippen LogP contribution in [0.3, 0.4) is 0 Å². The summed E-state index contributed by atoms with van der Waals surface area (Å²) in [5, 5.41) is 3.07. The van der Waals surface area contributed by atoms with E-state index in [2.05, 4.69) is 19.2 Å². The number of carbonyl (C=O) groups excluding carboxylic acids is 1. The first-order valence-electron chi connectivity index (χ1n) is 7.63. The molecule has 0 saturated heterocycles. The van der Waals surface area contributed by atoms with E-state index < -0.39 is 0 Å². The van der Waals surface area contributed by atoms with Gasteiger partial charge >= 0.3 is 0 Å². The fraction of sp³-hybridized carbons (Fsp3) is 0.933. The van der Waals surface area contributed by atoms with Crippen molar-refractivity contribution < 1.29 is 4.79 Å². The summed E-state index contributed by atoms with van der Waals surface area (Å²) in [6, 6.07) is 0. The fourth-order valence-corrected chi connectivity index (χ4v) is 3.01. The zero-order valence-electron chi connectivity index (χ0n) is 12.1. The number of amides is 1. The van der Waals surface area contributed by atoms with Crippen LogP contribution in [0, 0.1) is 11.3 Å². The van der Waals surface area contributed by atoms with Crippen molar-refractivity contribution in [2.24, 2.45) is 17.1 Å². The molecular weight excluding hydrogens is 224 g/mol. The molecule has 0 unspecified atom stereocenters. The van der Waals surface area contributed by atoms with E-state index in [4.69, 9.17) is 5.73 Å². The molecule has 3 heteroatoms. The van der Waals surface area contributed by atoms with Gasteiger partial charge in [0.2, 0.25) is 5.91 Å². The van der Waals surface area contributed by atoms with E-state index in [0.717, 1.165) is 25.8 Å². The maximum atomic E-state index is 12.1. The van der Waals surface area contributed by atoms with Crippen LogP contribution < -0.4 is 11.1 Å². The van der Waals surface area contributed by atoms with Gasteiger partial charge in [-0.25, -0.2) is 0 Å². The third-order valence-corrected chi connectivity index (χ3v) is 4.17. The van der Waals surface area contributed by atoms with Gasteiger partial charge in [0.1, 0.15) is 0 Å². The van der Waals surface area contributed by atoms with Gasteiger partial charge in [-0.1, -0.05) is 46.0 Å². The lowest BCUT2D eigenvalue weighted by molar-refractivity contribution is -0.138. The van der Waals surface area contributed by atoms with Crippen molar-refractivity contribution in [3.8, 4) is 0 Å². The summed E-state index contributed by atoms with van der Waals surface area (Å²) >= 11 is 0. The van der Waals surface area contributed by atoms with Gasteiger partial charge in [0.25, 0.3) is 0 Å². The topological polar surface area (TPSA) is 55.1 Å². The fourth-order valence-electron chi connectivity index (χ4n) is 3.01. The molecule has 0 atom stereocenters. The average molecular weight is 254 g/mol. The van der Waals surface area contributed by atoms with Crippen LogP contribution in [0.25, 0.3) is 0 Å². The van der Waals surface area contributed by atoms with E-state index in [-0.39, 0.29) is 11.3 Å². The first kappa shape index (κ1) is 15.5. The van der Waals surface area contributed by atoms with Crippen LogP contribution in [0.2, 0.25) is 0 Å². The highest BCUT2D eigenvalue weighted by Crippen LogP contribution is 2.44. The van der Waals surface area contributed by atoms with Gasteiger partial charge in [0.05, 0.1) is 5.41 Å². The lowest BCUT2D eigenvalue weighted by Crippen LogP contribution is -2.53. The summed E-state index contributed by atoms with van der Waals surface area (Å²) in [6.07, 6.45) is 9.50. The number of unbranched alkanes of at least 4 members (excludes halogenated alkanes) is 5. The molecule has 0 aliphatic heterocycles. The number of nitrogens with one attached hydrogen (secondary N) is 1. The molecule has 1 aliphatic rings. The van der Waals surface area contributed by atoms with Gasteiger partial charge in [-0.05, 0) is 25.2 Å². The Morgan fingerprint density at radius 2 is 1.83 bits per heavy atom. The standard InChI is InChI=1S/C15H30N2O/c1-3-4-5-6-7-8-9-17-14(18)15(12-16)10-13(2)11-15/h13H,3-12,16H2,1-2H3,(H,17,18). The number of hydrogen-bond donors (Lipinski definition) is 2. The van der Waals surface area contributed by atoms with Crippen molar-refractivity contribution in [3.05, 3.63) is 0 Å². The van der Waals surface area contributed by atoms with E-state index >= 15 is 0 Å². The molecule has 1 rings (SSSR count). The van der Waals surface area contributed by atoms with Crippen LogP contribution >= 0.6 is 0 Å². The highest BCUT2D eigenvalue weighted by atomic mass is 16.2. The second-order valence-corrected chi connectivity index (χ2v) is 6.02. The average Bonchev–Trinajstić information content (AvgIpc) is 2.33. The maximum absolute atomic E-state index is 12.1. The molecule has 0 bridgehead atoms. The van der Waals surface area contributed by atoms with E-state index in [1.165, 1.54) is 32.1 Å². The number of nitrogens with two attached hydrogens (primary N) is 1. The molecule has 1 aliphatic carbocycles. The zero-order chi connectivity index (χ0) is 13.4. The van der Waals surface area contributed by atoms with Crippen LogP contribution in [-0.4, -0.2) is 19.0 Å². The molecule has 0 spiro atoms. The maximum Gasteiger partial charge on any atom is 0.227 e. The lowest BCUT2D eigenvalue weighted by atomic mass is 9.62. The Morgan fingerprint density at radius 1 is 1.22 bits per heavy atom. The predicted octanol–water partition coefficient (Wildman–Crippen LogP) is 2.84. The lowest BCUT2D eigenvalue weighted by Gasteiger charge is -2.44. The first-order valence-corrected chi connectivity index (χ1v) is 7.63. The predicted molar refractivity (Wildman–Crippen MR) is 76.3 cm³/mol. The molecule has 0 aromatic rings. The molecular formula is C15H30N2O. The quantitative estimate of drug-likeness (QED) is 0.622. The highest BCUT2D eigenvalue weighted by Gasteiger charge is 2.46. The Kier molecular flexibility index (Phi) is 6.69. The molecule has 0 aromatic carbocycles. The van der Waals surface area contributed by atoms with Gasteiger partial charge in [0, 0.05) is 13.1 Å². The molecule has 106 valence electrons. The Morgan fingerprint density at radius 3 is 2.39 bits per heavy atom. The second kappa shape index (κ2) is 7.78. The Hall–Kier alpha value is -0.570. The van der Waals surface area contributed by atoms with Crippen LogP contribution in [0.4, 0.5) is 0 Å². The summed E-state index contributed by atoms with van der Waals surface area (Å²) in [4.78, 5) is 12.1. The van der Waals surface area contributed by atoms with E-state index in [1.807, 2.05) is 0 Å². The zero-order valence-corrected chi connectivity index (χ0v) is 12.1. The van der Waals surface area contributed by atoms with Gasteiger partial charge in [0.15, 0.2) is 0 Å². The van der Waals surface area contributed by atoms with Gasteiger partial charge < -0.3 is 11.1 Å². The minimum atomic E-state index is -0.234. The molecule has 0 heterocycles. The van der Waals surface area contributed by atoms with Crippen LogP contribution in [-0.2, 0) is 4.79 Å². The SMILES string of the molecule is CCCCCCCCNC(=O)C1(CN)CC(C)C1. The Bertz CT molecular complexity index is 247. The monoisotopic (exact) mass is 254 g/mol. The van der Waals surface area contributed by atoms with Gasteiger partial charge in [-0.3, -0.25) is 4.79 Å². The second-order valence-electron chi connectivity index (χ2n) is 6.02. The van der Waals surface area contributed by atoms with E-state index in [9.17, 15) is 4.79 Å².